The van der Waals surface area contributed by atoms with Crippen LogP contribution in [0.4, 0.5) is 0 Å². The van der Waals surface area contributed by atoms with Crippen molar-refractivity contribution in [2.24, 2.45) is 5.73 Å². The first-order valence-electron chi connectivity index (χ1n) is 5.66. The fourth-order valence-corrected chi connectivity index (χ4v) is 1.70. The van der Waals surface area contributed by atoms with Crippen LogP contribution in [0.1, 0.15) is 5.82 Å². The van der Waals surface area contributed by atoms with Crippen LogP contribution in [0.2, 0.25) is 0 Å². The van der Waals surface area contributed by atoms with Gasteiger partial charge in [0.05, 0.1) is 13.2 Å². The Labute approximate surface area is 105 Å². The van der Waals surface area contributed by atoms with Crippen LogP contribution in [0, 0.1) is 0 Å². The summed E-state index contributed by atoms with van der Waals surface area (Å²) in [6, 6.07) is 7.50. The molecule has 3 N–H and O–H groups in total. The number of hydrogen-bond acceptors (Lipinski definition) is 5. The number of aliphatic hydroxyl groups excluding tert-OH is 1. The molecule has 6 nitrogen and oxygen atoms in total. The summed E-state index contributed by atoms with van der Waals surface area (Å²) in [7, 11) is 1.60. The first kappa shape index (κ1) is 12.5. The Hall–Kier alpha value is -1.92. The third-order valence-electron chi connectivity index (χ3n) is 2.62. The number of aliphatic hydroxyl groups is 1. The van der Waals surface area contributed by atoms with Gasteiger partial charge in [0.2, 0.25) is 0 Å². The number of methoxy groups -OCH3 is 1. The van der Waals surface area contributed by atoms with Crippen molar-refractivity contribution >= 4 is 0 Å². The minimum Gasteiger partial charge on any atom is -0.494 e. The molecule has 0 aliphatic rings. The summed E-state index contributed by atoms with van der Waals surface area (Å²) in [5, 5.41) is 13.7. The number of ether oxygens (including phenoxy) is 1. The molecule has 1 atom stereocenters. The molecule has 1 aromatic heterocycles. The van der Waals surface area contributed by atoms with E-state index in [2.05, 4.69) is 10.1 Å². The predicted molar refractivity (Wildman–Crippen MR) is 66.7 cm³/mol. The van der Waals surface area contributed by atoms with Crippen LogP contribution < -0.4 is 10.5 Å². The van der Waals surface area contributed by atoms with Crippen molar-refractivity contribution in [3.05, 3.63) is 36.4 Å². The Bertz CT molecular complexity index is 512. The molecular weight excluding hydrogens is 232 g/mol. The molecule has 0 saturated heterocycles. The van der Waals surface area contributed by atoms with E-state index in [1.807, 2.05) is 24.3 Å². The Morgan fingerprint density at radius 1 is 1.44 bits per heavy atom. The highest BCUT2D eigenvalue weighted by atomic mass is 16.5. The van der Waals surface area contributed by atoms with Crippen molar-refractivity contribution in [1.82, 2.24) is 14.8 Å². The van der Waals surface area contributed by atoms with Crippen molar-refractivity contribution in [2.75, 3.05) is 13.7 Å². The lowest BCUT2D eigenvalue weighted by Gasteiger charge is -2.11. The maximum Gasteiger partial charge on any atom is 0.144 e. The molecule has 0 aliphatic carbocycles. The molecule has 6 heteroatoms. The Morgan fingerprint density at radius 3 is 2.94 bits per heavy atom. The summed E-state index contributed by atoms with van der Waals surface area (Å²) in [6.07, 6.45) is 1.18. The average molecular weight is 248 g/mol. The van der Waals surface area contributed by atoms with E-state index in [0.29, 0.717) is 18.0 Å². The molecule has 18 heavy (non-hydrogen) atoms. The van der Waals surface area contributed by atoms with E-state index in [1.165, 1.54) is 6.33 Å². The quantitative estimate of drug-likeness (QED) is 0.786. The lowest BCUT2D eigenvalue weighted by Crippen LogP contribution is -2.24. The zero-order valence-corrected chi connectivity index (χ0v) is 10.2. The molecule has 96 valence electrons. The normalized spacial score (nSPS) is 12.4. The minimum absolute atomic E-state index is 0.193. The van der Waals surface area contributed by atoms with Crippen molar-refractivity contribution in [3.63, 3.8) is 0 Å². The molecule has 0 radical (unpaired) electrons. The van der Waals surface area contributed by atoms with Gasteiger partial charge in [0.1, 0.15) is 23.6 Å². The number of para-hydroxylation sites is 2. The van der Waals surface area contributed by atoms with E-state index in [9.17, 15) is 5.11 Å². The highest BCUT2D eigenvalue weighted by molar-refractivity contribution is 5.46. The van der Waals surface area contributed by atoms with Crippen molar-refractivity contribution in [1.29, 1.82) is 0 Å². The van der Waals surface area contributed by atoms with Crippen LogP contribution in [0.5, 0.6) is 5.75 Å². The van der Waals surface area contributed by atoms with Crippen molar-refractivity contribution < 1.29 is 9.84 Å². The van der Waals surface area contributed by atoms with E-state index in [-0.39, 0.29) is 6.54 Å². The lowest BCUT2D eigenvalue weighted by molar-refractivity contribution is 0.180. The molecule has 2 rings (SSSR count). The van der Waals surface area contributed by atoms with Gasteiger partial charge < -0.3 is 15.6 Å². The zero-order chi connectivity index (χ0) is 13.0. The molecular formula is C12H16N4O2. The summed E-state index contributed by atoms with van der Waals surface area (Å²) in [4.78, 5) is 4.14. The van der Waals surface area contributed by atoms with E-state index in [0.717, 1.165) is 5.69 Å². The number of hydrogen-bond donors (Lipinski definition) is 2. The third kappa shape index (κ3) is 2.49. The van der Waals surface area contributed by atoms with Crippen LogP contribution >= 0.6 is 0 Å². The van der Waals surface area contributed by atoms with Crippen LogP contribution in [-0.2, 0) is 6.42 Å². The van der Waals surface area contributed by atoms with Crippen molar-refractivity contribution in [3.8, 4) is 11.4 Å². The summed E-state index contributed by atoms with van der Waals surface area (Å²) in [5.41, 5.74) is 6.19. The second-order valence-corrected chi connectivity index (χ2v) is 3.85. The monoisotopic (exact) mass is 248 g/mol. The molecule has 0 fully saturated rings. The number of nitrogens with two attached hydrogens (primary N) is 1. The topological polar surface area (TPSA) is 86.2 Å². The molecule has 2 aromatic rings. The van der Waals surface area contributed by atoms with Gasteiger partial charge in [-0.2, -0.15) is 5.10 Å². The zero-order valence-electron chi connectivity index (χ0n) is 10.2. The Morgan fingerprint density at radius 2 is 2.22 bits per heavy atom. The number of nitrogens with zero attached hydrogens (tertiary/aromatic N) is 3. The van der Waals surface area contributed by atoms with E-state index < -0.39 is 6.10 Å². The summed E-state index contributed by atoms with van der Waals surface area (Å²) in [6.45, 7) is 0.193. The second kappa shape index (κ2) is 5.61. The molecule has 1 aromatic carbocycles. The maximum atomic E-state index is 9.59. The largest absolute Gasteiger partial charge is 0.494 e. The fourth-order valence-electron chi connectivity index (χ4n) is 1.70. The third-order valence-corrected chi connectivity index (χ3v) is 2.62. The molecule has 0 aliphatic heterocycles. The molecule has 0 amide bonds. The number of benzene rings is 1. The first-order chi connectivity index (χ1) is 8.76. The second-order valence-electron chi connectivity index (χ2n) is 3.85. The molecule has 0 unspecified atom stereocenters. The van der Waals surface area contributed by atoms with Crippen LogP contribution in [0.25, 0.3) is 5.69 Å². The van der Waals surface area contributed by atoms with E-state index in [4.69, 9.17) is 10.5 Å². The first-order valence-corrected chi connectivity index (χ1v) is 5.66. The smallest absolute Gasteiger partial charge is 0.144 e. The molecule has 1 heterocycles. The van der Waals surface area contributed by atoms with Crippen LogP contribution in [0.3, 0.4) is 0 Å². The molecule has 0 saturated carbocycles. The van der Waals surface area contributed by atoms with Crippen molar-refractivity contribution in [2.45, 2.75) is 12.5 Å². The SMILES string of the molecule is COc1ccccc1-n1ncnc1C[C@H](O)CN. The van der Waals surface area contributed by atoms with Gasteiger partial charge in [0.25, 0.3) is 0 Å². The standard InChI is InChI=1S/C12H16N4O2/c1-18-11-5-3-2-4-10(11)16-12(14-8-15-16)6-9(17)7-13/h2-5,8-9,17H,6-7,13H2,1H3/t9-/m0/s1. The van der Waals surface area contributed by atoms with Gasteiger partial charge in [0.15, 0.2) is 0 Å². The highest BCUT2D eigenvalue weighted by Crippen LogP contribution is 2.22. The summed E-state index contributed by atoms with van der Waals surface area (Å²) >= 11 is 0. The summed E-state index contributed by atoms with van der Waals surface area (Å²) < 4.78 is 6.93. The van der Waals surface area contributed by atoms with Gasteiger partial charge in [-0.15, -0.1) is 0 Å². The predicted octanol–water partition coefficient (Wildman–Crippen LogP) is 0.138. The molecule has 0 spiro atoms. The Balaban J connectivity index is 2.36. The van der Waals surface area contributed by atoms with Crippen LogP contribution in [0.15, 0.2) is 30.6 Å². The number of aromatic nitrogens is 3. The molecule has 0 bridgehead atoms. The summed E-state index contributed by atoms with van der Waals surface area (Å²) in [5.74, 6) is 1.35. The van der Waals surface area contributed by atoms with E-state index >= 15 is 0 Å². The van der Waals surface area contributed by atoms with Gasteiger partial charge in [0, 0.05) is 13.0 Å². The number of rotatable bonds is 5. The van der Waals surface area contributed by atoms with Gasteiger partial charge in [-0.3, -0.25) is 0 Å². The maximum absolute atomic E-state index is 9.59. The minimum atomic E-state index is -0.623. The van der Waals surface area contributed by atoms with Gasteiger partial charge in [-0.1, -0.05) is 12.1 Å². The van der Waals surface area contributed by atoms with Gasteiger partial charge in [-0.25, -0.2) is 9.67 Å². The van der Waals surface area contributed by atoms with Gasteiger partial charge >= 0.3 is 0 Å². The fraction of sp³-hybridized carbons (Fsp3) is 0.333. The van der Waals surface area contributed by atoms with E-state index in [1.54, 1.807) is 11.8 Å². The van der Waals surface area contributed by atoms with Crippen LogP contribution in [-0.4, -0.2) is 39.6 Å². The average Bonchev–Trinajstić information content (AvgIpc) is 2.86. The lowest BCUT2D eigenvalue weighted by atomic mass is 10.2. The Kier molecular flexibility index (Phi) is 3.91. The van der Waals surface area contributed by atoms with Gasteiger partial charge in [-0.05, 0) is 12.1 Å². The highest BCUT2D eigenvalue weighted by Gasteiger charge is 2.13.